The molecule has 0 spiro atoms. The van der Waals surface area contributed by atoms with E-state index in [9.17, 15) is 0 Å². The third-order valence-electron chi connectivity index (χ3n) is 2.15. The maximum absolute atomic E-state index is 5.62. The maximum Gasteiger partial charge on any atom is 0.185 e. The molecule has 6 heteroatoms. The van der Waals surface area contributed by atoms with Crippen molar-refractivity contribution in [3.05, 3.63) is 22.3 Å². The Balaban J connectivity index is 2.05. The molecule has 0 fully saturated rings. The average molecular weight is 254 g/mol. The molecule has 0 saturated carbocycles. The Hall–Kier alpha value is -1.14. The fourth-order valence-electron chi connectivity index (χ4n) is 1.29. The van der Waals surface area contributed by atoms with Crippen molar-refractivity contribution in [3.8, 4) is 0 Å². The fourth-order valence-corrected chi connectivity index (χ4v) is 2.82. The molecule has 86 valence electrons. The van der Waals surface area contributed by atoms with Gasteiger partial charge in [0.1, 0.15) is 10.0 Å². The smallest absolute Gasteiger partial charge is 0.185 e. The molecule has 2 rings (SSSR count). The molecule has 2 aromatic rings. The standard InChI is InChI=1S/C10H14N4S2/c1-3-7-4-12-9(15-7)6(2)14-10-13-5-8(11)16-10/h4-6H,3,11H2,1-2H3,(H,13,14). The third-order valence-corrected chi connectivity index (χ3v) is 4.24. The molecule has 16 heavy (non-hydrogen) atoms. The van der Waals surface area contributed by atoms with E-state index in [2.05, 4.69) is 29.1 Å². The van der Waals surface area contributed by atoms with Crippen LogP contribution in [0.15, 0.2) is 12.4 Å². The molecule has 1 atom stereocenters. The number of nitrogens with two attached hydrogens (primary N) is 1. The van der Waals surface area contributed by atoms with Crippen LogP contribution in [0.25, 0.3) is 0 Å². The number of aromatic nitrogens is 2. The summed E-state index contributed by atoms with van der Waals surface area (Å²) in [4.78, 5) is 9.87. The van der Waals surface area contributed by atoms with Gasteiger partial charge in [-0.15, -0.1) is 11.3 Å². The molecule has 2 aromatic heterocycles. The summed E-state index contributed by atoms with van der Waals surface area (Å²) < 4.78 is 0. The maximum atomic E-state index is 5.62. The van der Waals surface area contributed by atoms with Gasteiger partial charge >= 0.3 is 0 Å². The number of anilines is 2. The largest absolute Gasteiger partial charge is 0.389 e. The quantitative estimate of drug-likeness (QED) is 0.880. The van der Waals surface area contributed by atoms with Gasteiger partial charge in [-0.05, 0) is 13.3 Å². The van der Waals surface area contributed by atoms with E-state index < -0.39 is 0 Å². The first-order valence-electron chi connectivity index (χ1n) is 5.11. The minimum atomic E-state index is 0.177. The Morgan fingerprint density at radius 2 is 2.19 bits per heavy atom. The normalized spacial score (nSPS) is 12.6. The summed E-state index contributed by atoms with van der Waals surface area (Å²) in [5.41, 5.74) is 5.62. The van der Waals surface area contributed by atoms with E-state index in [1.54, 1.807) is 17.5 Å². The minimum absolute atomic E-state index is 0.177. The molecule has 0 aliphatic carbocycles. The lowest BCUT2D eigenvalue weighted by atomic mass is 10.4. The molecule has 4 nitrogen and oxygen atoms in total. The molecule has 1 unspecified atom stereocenters. The second-order valence-electron chi connectivity index (χ2n) is 3.45. The first-order valence-corrected chi connectivity index (χ1v) is 6.74. The van der Waals surface area contributed by atoms with Crippen molar-refractivity contribution in [2.24, 2.45) is 0 Å². The number of nitrogen functional groups attached to an aromatic ring is 1. The van der Waals surface area contributed by atoms with E-state index in [1.165, 1.54) is 16.2 Å². The number of nitrogens with one attached hydrogen (secondary N) is 1. The Morgan fingerprint density at radius 1 is 1.38 bits per heavy atom. The SMILES string of the molecule is CCc1cnc(C(C)Nc2ncc(N)s2)s1. The highest BCUT2D eigenvalue weighted by molar-refractivity contribution is 7.19. The number of thiazole rings is 2. The zero-order valence-corrected chi connectivity index (χ0v) is 10.9. The van der Waals surface area contributed by atoms with E-state index in [1.807, 2.05) is 6.20 Å². The number of rotatable bonds is 4. The molecule has 0 bridgehead atoms. The van der Waals surface area contributed by atoms with Crippen LogP contribution in [0.4, 0.5) is 10.1 Å². The van der Waals surface area contributed by atoms with Crippen LogP contribution < -0.4 is 11.1 Å². The molecule has 0 aliphatic rings. The molecule has 0 radical (unpaired) electrons. The summed E-state index contributed by atoms with van der Waals surface area (Å²) in [7, 11) is 0. The van der Waals surface area contributed by atoms with Crippen molar-refractivity contribution < 1.29 is 0 Å². The summed E-state index contributed by atoms with van der Waals surface area (Å²) in [5, 5.41) is 5.95. The molecule has 2 heterocycles. The molecule has 3 N–H and O–H groups in total. The second-order valence-corrected chi connectivity index (χ2v) is 5.66. The van der Waals surface area contributed by atoms with Gasteiger partial charge in [-0.25, -0.2) is 9.97 Å². The van der Waals surface area contributed by atoms with Crippen molar-refractivity contribution in [1.29, 1.82) is 0 Å². The van der Waals surface area contributed by atoms with Crippen molar-refractivity contribution in [2.45, 2.75) is 26.3 Å². The molecular weight excluding hydrogens is 240 g/mol. The van der Waals surface area contributed by atoms with Gasteiger partial charge in [0, 0.05) is 11.1 Å². The Kier molecular flexibility index (Phi) is 3.40. The van der Waals surface area contributed by atoms with E-state index in [0.717, 1.165) is 21.6 Å². The van der Waals surface area contributed by atoms with Crippen LogP contribution in [0.5, 0.6) is 0 Å². The van der Waals surface area contributed by atoms with Crippen LogP contribution in [0.3, 0.4) is 0 Å². The van der Waals surface area contributed by atoms with Gasteiger partial charge in [-0.3, -0.25) is 0 Å². The summed E-state index contributed by atoms with van der Waals surface area (Å²) in [6, 6.07) is 0.177. The van der Waals surface area contributed by atoms with Crippen LogP contribution in [0, 0.1) is 0 Å². The first-order chi connectivity index (χ1) is 7.69. The lowest BCUT2D eigenvalue weighted by Gasteiger charge is -2.08. The van der Waals surface area contributed by atoms with Crippen LogP contribution in [0.2, 0.25) is 0 Å². The van der Waals surface area contributed by atoms with Gasteiger partial charge in [0.25, 0.3) is 0 Å². The predicted molar refractivity (Wildman–Crippen MR) is 70.1 cm³/mol. The summed E-state index contributed by atoms with van der Waals surface area (Å²) in [6.07, 6.45) is 4.64. The molecule has 0 aliphatic heterocycles. The topological polar surface area (TPSA) is 63.8 Å². The highest BCUT2D eigenvalue weighted by atomic mass is 32.1. The Morgan fingerprint density at radius 3 is 2.75 bits per heavy atom. The first kappa shape index (κ1) is 11.3. The lowest BCUT2D eigenvalue weighted by Crippen LogP contribution is -2.05. The Labute approximate surface area is 103 Å². The highest BCUT2D eigenvalue weighted by Gasteiger charge is 2.11. The van der Waals surface area contributed by atoms with E-state index in [0.29, 0.717) is 0 Å². The lowest BCUT2D eigenvalue weighted by molar-refractivity contribution is 0.867. The third kappa shape index (κ3) is 2.51. The molecule has 0 saturated heterocycles. The number of nitrogens with zero attached hydrogens (tertiary/aromatic N) is 2. The number of aryl methyl sites for hydroxylation is 1. The van der Waals surface area contributed by atoms with E-state index in [-0.39, 0.29) is 6.04 Å². The fraction of sp³-hybridized carbons (Fsp3) is 0.400. The minimum Gasteiger partial charge on any atom is -0.389 e. The van der Waals surface area contributed by atoms with Gasteiger partial charge in [-0.2, -0.15) is 0 Å². The summed E-state index contributed by atoms with van der Waals surface area (Å²) >= 11 is 3.19. The van der Waals surface area contributed by atoms with Crippen molar-refractivity contribution in [1.82, 2.24) is 9.97 Å². The molecule has 0 amide bonds. The van der Waals surface area contributed by atoms with Crippen molar-refractivity contribution in [3.63, 3.8) is 0 Å². The van der Waals surface area contributed by atoms with Crippen molar-refractivity contribution >= 4 is 32.8 Å². The Bertz CT molecular complexity index is 463. The van der Waals surface area contributed by atoms with Gasteiger partial charge in [0.15, 0.2) is 5.13 Å². The van der Waals surface area contributed by atoms with Crippen LogP contribution >= 0.6 is 22.7 Å². The van der Waals surface area contributed by atoms with Gasteiger partial charge < -0.3 is 11.1 Å². The van der Waals surface area contributed by atoms with E-state index >= 15 is 0 Å². The monoisotopic (exact) mass is 254 g/mol. The summed E-state index contributed by atoms with van der Waals surface area (Å²) in [5.74, 6) is 0. The van der Waals surface area contributed by atoms with E-state index in [4.69, 9.17) is 5.73 Å². The zero-order chi connectivity index (χ0) is 11.5. The van der Waals surface area contributed by atoms with Crippen LogP contribution in [-0.2, 0) is 6.42 Å². The summed E-state index contributed by atoms with van der Waals surface area (Å²) in [6.45, 7) is 4.22. The number of hydrogen-bond acceptors (Lipinski definition) is 6. The van der Waals surface area contributed by atoms with Crippen LogP contribution in [0.1, 0.15) is 29.8 Å². The second kappa shape index (κ2) is 4.80. The van der Waals surface area contributed by atoms with Gasteiger partial charge in [0.05, 0.1) is 12.2 Å². The number of hydrogen-bond donors (Lipinski definition) is 2. The predicted octanol–water partition coefficient (Wildman–Crippen LogP) is 2.92. The molecular formula is C10H14N4S2. The van der Waals surface area contributed by atoms with Crippen molar-refractivity contribution in [2.75, 3.05) is 11.1 Å². The van der Waals surface area contributed by atoms with Crippen LogP contribution in [-0.4, -0.2) is 9.97 Å². The molecule has 0 aromatic carbocycles. The average Bonchev–Trinajstić information content (AvgIpc) is 2.87. The van der Waals surface area contributed by atoms with Gasteiger partial charge in [0.2, 0.25) is 0 Å². The zero-order valence-electron chi connectivity index (χ0n) is 9.23. The van der Waals surface area contributed by atoms with Gasteiger partial charge in [-0.1, -0.05) is 18.3 Å². The highest BCUT2D eigenvalue weighted by Crippen LogP contribution is 2.27.